The van der Waals surface area contributed by atoms with Gasteiger partial charge in [-0.2, -0.15) is 15.1 Å². The van der Waals surface area contributed by atoms with E-state index in [1.807, 2.05) is 25.7 Å². The van der Waals surface area contributed by atoms with Gasteiger partial charge >= 0.3 is 12.1 Å². The first-order valence-corrected chi connectivity index (χ1v) is 18.6. The Bertz CT molecular complexity index is 2000. The Kier molecular flexibility index (Phi) is 9.79. The van der Waals surface area contributed by atoms with Crippen LogP contribution in [0.4, 0.5) is 19.4 Å². The van der Waals surface area contributed by atoms with Crippen LogP contribution in [-0.4, -0.2) is 92.5 Å². The molecule has 10 rings (SSSR count). The summed E-state index contributed by atoms with van der Waals surface area (Å²) in [5.74, 6) is -0.991. The van der Waals surface area contributed by atoms with Gasteiger partial charge in [0.1, 0.15) is 35.7 Å². The molecule has 278 valence electrons. The highest BCUT2D eigenvalue weighted by Gasteiger charge is 2.46. The van der Waals surface area contributed by atoms with Crippen molar-refractivity contribution in [3.8, 4) is 17.3 Å². The summed E-state index contributed by atoms with van der Waals surface area (Å²) in [5.41, 5.74) is 0.670. The number of aryl methyl sites for hydroxylation is 1. The fraction of sp³-hybridized carbons (Fsp3) is 0.579. The maximum atomic E-state index is 17.2. The Morgan fingerprint density at radius 3 is 2.56 bits per heavy atom. The monoisotopic (exact) mass is 718 g/mol. The van der Waals surface area contributed by atoms with E-state index in [0.29, 0.717) is 59.4 Å². The van der Waals surface area contributed by atoms with Crippen LogP contribution in [0.3, 0.4) is 0 Å². The molecule has 6 bridgehead atoms. The summed E-state index contributed by atoms with van der Waals surface area (Å²) in [5, 5.41) is 8.48. The number of pyridine rings is 1. The van der Waals surface area contributed by atoms with Gasteiger partial charge < -0.3 is 24.5 Å². The van der Waals surface area contributed by atoms with Gasteiger partial charge in [0.15, 0.2) is 5.82 Å². The molecule has 3 saturated heterocycles. The van der Waals surface area contributed by atoms with Gasteiger partial charge in [-0.25, -0.2) is 13.6 Å². The largest absolute Gasteiger partial charge is 0.461 e. The molecule has 14 heteroatoms. The van der Waals surface area contributed by atoms with E-state index < -0.39 is 23.3 Å². The Balaban J connectivity index is 0.000000802. The third-order valence-electron chi connectivity index (χ3n) is 11.3. The number of carbonyl (C=O) groups excluding carboxylic acids is 2. The average molecular weight is 719 g/mol. The summed E-state index contributed by atoms with van der Waals surface area (Å²) in [6, 6.07) is 1.54. The minimum Gasteiger partial charge on any atom is -0.461 e. The third kappa shape index (κ3) is 6.32. The number of hydrogen-bond acceptors (Lipinski definition) is 10. The number of halogens is 2. The van der Waals surface area contributed by atoms with Gasteiger partial charge in [-0.3, -0.25) is 14.6 Å². The summed E-state index contributed by atoms with van der Waals surface area (Å²) in [6.07, 6.45) is 9.95. The van der Waals surface area contributed by atoms with Crippen LogP contribution < -0.4 is 15.0 Å². The molecule has 3 aromatic heterocycles. The summed E-state index contributed by atoms with van der Waals surface area (Å²) in [7, 11) is 1.73. The molecule has 1 amide bonds. The van der Waals surface area contributed by atoms with Crippen LogP contribution in [0.5, 0.6) is 6.01 Å². The van der Waals surface area contributed by atoms with Crippen LogP contribution in [0.1, 0.15) is 84.1 Å². The molecule has 0 spiro atoms. The van der Waals surface area contributed by atoms with Crippen LogP contribution in [-0.2, 0) is 16.6 Å². The van der Waals surface area contributed by atoms with Crippen molar-refractivity contribution >= 4 is 40.0 Å². The second-order valence-corrected chi connectivity index (χ2v) is 14.7. The number of benzene rings is 1. The lowest BCUT2D eigenvalue weighted by molar-refractivity contribution is -0.106. The number of aldehydes is 1. The van der Waals surface area contributed by atoms with E-state index in [9.17, 15) is 4.79 Å². The molecule has 1 aromatic carbocycles. The predicted molar refractivity (Wildman–Crippen MR) is 193 cm³/mol. The van der Waals surface area contributed by atoms with Crippen LogP contribution in [0.25, 0.3) is 33.1 Å². The minimum absolute atomic E-state index is 0.0110. The quantitative estimate of drug-likeness (QED) is 0.241. The highest BCUT2D eigenvalue weighted by Crippen LogP contribution is 2.53. The number of nitrogens with zero attached hydrogens (tertiary/aromatic N) is 7. The van der Waals surface area contributed by atoms with E-state index in [2.05, 4.69) is 20.3 Å². The van der Waals surface area contributed by atoms with Crippen molar-refractivity contribution in [3.05, 3.63) is 35.7 Å². The maximum Gasteiger partial charge on any atom is 0.407 e. The second-order valence-electron chi connectivity index (χ2n) is 14.7. The molecular weight excluding hydrogens is 670 g/mol. The molecule has 1 N–H and O–H groups in total. The van der Waals surface area contributed by atoms with Gasteiger partial charge in [-0.1, -0.05) is 13.8 Å². The molecular formula is C38H48F2N8O4. The molecule has 0 radical (unpaired) electrons. The molecule has 8 heterocycles. The summed E-state index contributed by atoms with van der Waals surface area (Å²) in [6.45, 7) is 11.2. The van der Waals surface area contributed by atoms with Crippen molar-refractivity contribution in [2.75, 3.05) is 44.3 Å². The lowest BCUT2D eigenvalue weighted by atomic mass is 9.91. The van der Waals surface area contributed by atoms with Crippen molar-refractivity contribution in [2.45, 2.75) is 89.6 Å². The van der Waals surface area contributed by atoms with Crippen molar-refractivity contribution in [3.63, 3.8) is 0 Å². The molecule has 6 aliphatic rings. The molecule has 2 unspecified atom stereocenters. The summed E-state index contributed by atoms with van der Waals surface area (Å²) in [4.78, 5) is 40.7. The first kappa shape index (κ1) is 35.9. The number of aromatic nitrogens is 5. The summed E-state index contributed by atoms with van der Waals surface area (Å²) >= 11 is 0. The molecule has 5 aliphatic heterocycles. The van der Waals surface area contributed by atoms with Gasteiger partial charge in [0.2, 0.25) is 0 Å². The number of fused-ring (bicyclic) bond motifs is 6. The Hall–Kier alpha value is -4.46. The fourth-order valence-electron chi connectivity index (χ4n) is 8.82. The van der Waals surface area contributed by atoms with Gasteiger partial charge in [0.25, 0.3) is 0 Å². The van der Waals surface area contributed by atoms with Crippen molar-refractivity contribution in [2.24, 2.45) is 13.0 Å². The molecule has 1 aliphatic carbocycles. The zero-order valence-electron chi connectivity index (χ0n) is 30.7. The van der Waals surface area contributed by atoms with E-state index in [4.69, 9.17) is 24.2 Å². The first-order valence-electron chi connectivity index (χ1n) is 18.6. The van der Waals surface area contributed by atoms with Crippen LogP contribution in [0, 0.1) is 17.6 Å². The first-order chi connectivity index (χ1) is 25.1. The SMILES string of the molecule is CC.CC=O.Cn1ncc2c3c(c(F)cc21)C1CC1COC(=O)N[C@]1(C)CCCN(C1)c1nc(OCC24CCCN2CCC4)nc2c(F)c-3ncc12. The van der Waals surface area contributed by atoms with Crippen molar-refractivity contribution < 1.29 is 27.8 Å². The molecule has 1 saturated carbocycles. The number of ether oxygens (including phenoxy) is 2. The topological polar surface area (TPSA) is 128 Å². The van der Waals surface area contributed by atoms with Crippen LogP contribution in [0.15, 0.2) is 18.5 Å². The van der Waals surface area contributed by atoms with Crippen molar-refractivity contribution in [1.82, 2.24) is 34.9 Å². The standard InChI is InChI=1S/C34H38F2N8O3.C2H4O.C2H6/c1-33-6-3-9-43(17-33)30-22-14-37-29(27(36)28(22)39-31(40-30)47-18-34-7-4-10-44(34)11-5-8-34)26-21-15-38-42(2)24(21)13-23(35)25(26)20-12-19(20)16-46-32(45)41-33;1-2-3;1-2/h13-15,19-20H,3-12,16-18H2,1-2H3,(H,41,45);2H,1H3;1-2H3/t19?,20?,33-;;/m1../s1. The number of amides is 1. The van der Waals surface area contributed by atoms with Gasteiger partial charge in [-0.15, -0.1) is 0 Å². The number of piperidine rings is 1. The molecule has 3 atom stereocenters. The molecule has 52 heavy (non-hydrogen) atoms. The van der Waals surface area contributed by atoms with Crippen LogP contribution in [0.2, 0.25) is 0 Å². The van der Waals surface area contributed by atoms with Gasteiger partial charge in [0.05, 0.1) is 34.8 Å². The Labute approximate surface area is 302 Å². The highest BCUT2D eigenvalue weighted by atomic mass is 19.1. The third-order valence-corrected chi connectivity index (χ3v) is 11.3. The van der Waals surface area contributed by atoms with E-state index in [1.54, 1.807) is 24.1 Å². The smallest absolute Gasteiger partial charge is 0.407 e. The zero-order valence-corrected chi connectivity index (χ0v) is 30.7. The molecule has 4 aromatic rings. The Morgan fingerprint density at radius 2 is 1.81 bits per heavy atom. The van der Waals surface area contributed by atoms with Gasteiger partial charge in [0, 0.05) is 54.8 Å². The number of alkyl carbamates (subject to hydrolysis) is 1. The maximum absolute atomic E-state index is 17.2. The number of carbonyl (C=O) groups is 2. The van der Waals surface area contributed by atoms with E-state index in [1.165, 1.54) is 13.0 Å². The number of hydrogen-bond donors (Lipinski definition) is 1. The number of rotatable bonds is 3. The fourth-order valence-corrected chi connectivity index (χ4v) is 8.82. The van der Waals surface area contributed by atoms with Crippen molar-refractivity contribution in [1.29, 1.82) is 0 Å². The zero-order chi connectivity index (χ0) is 36.8. The van der Waals surface area contributed by atoms with E-state index in [-0.39, 0.29) is 41.2 Å². The number of anilines is 1. The number of nitrogens with one attached hydrogen (secondary N) is 1. The van der Waals surface area contributed by atoms with E-state index >= 15 is 8.78 Å². The molecule has 12 nitrogen and oxygen atoms in total. The predicted octanol–water partition coefficient (Wildman–Crippen LogP) is 6.30. The minimum atomic E-state index is -0.650. The highest BCUT2D eigenvalue weighted by molar-refractivity contribution is 5.99. The Morgan fingerprint density at radius 1 is 1.08 bits per heavy atom. The molecule has 4 fully saturated rings. The second kappa shape index (κ2) is 14.2. The lowest BCUT2D eigenvalue weighted by Gasteiger charge is -2.41. The normalized spacial score (nSPS) is 24.5. The van der Waals surface area contributed by atoms with Gasteiger partial charge in [-0.05, 0) is 77.8 Å². The average Bonchev–Trinajstić information content (AvgIpc) is 3.38. The van der Waals surface area contributed by atoms with E-state index in [0.717, 1.165) is 57.9 Å². The van der Waals surface area contributed by atoms with Crippen LogP contribution >= 0.6 is 0 Å². The summed E-state index contributed by atoms with van der Waals surface area (Å²) < 4.78 is 46.9. The lowest BCUT2D eigenvalue weighted by Crippen LogP contribution is -2.57.